The molecule has 2 aromatic rings. The second-order valence-corrected chi connectivity index (χ2v) is 8.64. The fourth-order valence-electron chi connectivity index (χ4n) is 4.12. The van der Waals surface area contributed by atoms with E-state index in [1.54, 1.807) is 6.07 Å². The number of amides is 2. The lowest BCUT2D eigenvalue weighted by atomic mass is 10.1. The second-order valence-electron chi connectivity index (χ2n) is 8.23. The first-order valence-electron chi connectivity index (χ1n) is 11.3. The Kier molecular flexibility index (Phi) is 7.53. The summed E-state index contributed by atoms with van der Waals surface area (Å²) in [7, 11) is 0. The molecule has 32 heavy (non-hydrogen) atoms. The molecular weight excluding hydrogens is 428 g/mol. The van der Waals surface area contributed by atoms with Crippen LogP contribution in [0.1, 0.15) is 30.4 Å². The van der Waals surface area contributed by atoms with E-state index in [0.717, 1.165) is 24.8 Å². The van der Waals surface area contributed by atoms with E-state index in [1.807, 2.05) is 34.1 Å². The normalized spacial score (nSPS) is 15.9. The number of halogens is 1. The molecular formula is C25H29ClN2O4. The highest BCUT2D eigenvalue weighted by Gasteiger charge is 2.25. The van der Waals surface area contributed by atoms with Crippen LogP contribution < -0.4 is 9.47 Å². The maximum Gasteiger partial charge on any atom is 0.227 e. The van der Waals surface area contributed by atoms with Crippen LogP contribution in [0.3, 0.4) is 0 Å². The summed E-state index contributed by atoms with van der Waals surface area (Å²) in [6.07, 6.45) is 3.34. The van der Waals surface area contributed by atoms with Crippen LogP contribution in [0.15, 0.2) is 42.5 Å². The third kappa shape index (κ3) is 5.74. The van der Waals surface area contributed by atoms with Gasteiger partial charge in [0.25, 0.3) is 0 Å². The predicted octanol–water partition coefficient (Wildman–Crippen LogP) is 3.74. The summed E-state index contributed by atoms with van der Waals surface area (Å²) >= 11 is 6.35. The van der Waals surface area contributed by atoms with Gasteiger partial charge in [-0.1, -0.05) is 41.9 Å². The first kappa shape index (κ1) is 22.5. The summed E-state index contributed by atoms with van der Waals surface area (Å²) in [6, 6.07) is 13.8. The SMILES string of the molecule is O=C(CCCc1ccccc1)N1CCN(C(=O)Cc2cc(Cl)c3c(c2)OCCCO3)CC1. The molecule has 1 saturated heterocycles. The maximum atomic E-state index is 12.8. The van der Waals surface area contributed by atoms with Crippen molar-refractivity contribution in [1.29, 1.82) is 0 Å². The lowest BCUT2D eigenvalue weighted by Gasteiger charge is -2.35. The molecule has 170 valence electrons. The number of rotatable bonds is 6. The van der Waals surface area contributed by atoms with Gasteiger partial charge in [-0.05, 0) is 36.1 Å². The predicted molar refractivity (Wildman–Crippen MR) is 123 cm³/mol. The smallest absolute Gasteiger partial charge is 0.227 e. The number of fused-ring (bicyclic) bond motifs is 1. The molecule has 0 aromatic heterocycles. The van der Waals surface area contributed by atoms with Gasteiger partial charge in [-0.2, -0.15) is 0 Å². The van der Waals surface area contributed by atoms with Gasteiger partial charge in [0.05, 0.1) is 24.7 Å². The van der Waals surface area contributed by atoms with E-state index in [4.69, 9.17) is 21.1 Å². The molecule has 0 saturated carbocycles. The average Bonchev–Trinajstić information content (AvgIpc) is 3.06. The minimum absolute atomic E-state index is 0.0340. The van der Waals surface area contributed by atoms with E-state index in [-0.39, 0.29) is 18.2 Å². The fourth-order valence-corrected chi connectivity index (χ4v) is 4.41. The average molecular weight is 457 g/mol. The second kappa shape index (κ2) is 10.7. The number of hydrogen-bond acceptors (Lipinski definition) is 4. The Morgan fingerprint density at radius 2 is 1.56 bits per heavy atom. The van der Waals surface area contributed by atoms with Gasteiger partial charge in [-0.25, -0.2) is 0 Å². The third-order valence-electron chi connectivity index (χ3n) is 5.90. The van der Waals surface area contributed by atoms with Crippen LogP contribution in [-0.4, -0.2) is 61.0 Å². The van der Waals surface area contributed by atoms with Gasteiger partial charge < -0.3 is 19.3 Å². The zero-order valence-corrected chi connectivity index (χ0v) is 19.0. The van der Waals surface area contributed by atoms with Crippen molar-refractivity contribution in [3.63, 3.8) is 0 Å². The van der Waals surface area contributed by atoms with Crippen LogP contribution in [0, 0.1) is 0 Å². The van der Waals surface area contributed by atoms with Gasteiger partial charge in [0.15, 0.2) is 11.5 Å². The van der Waals surface area contributed by atoms with Crippen molar-refractivity contribution in [2.45, 2.75) is 32.1 Å². The van der Waals surface area contributed by atoms with E-state index in [9.17, 15) is 9.59 Å². The molecule has 2 heterocycles. The number of piperazine rings is 1. The molecule has 2 aromatic carbocycles. The van der Waals surface area contributed by atoms with Crippen molar-refractivity contribution in [1.82, 2.24) is 9.80 Å². The summed E-state index contributed by atoms with van der Waals surface area (Å²) in [5, 5.41) is 0.470. The Labute approximate surface area is 194 Å². The molecule has 0 aliphatic carbocycles. The number of carbonyl (C=O) groups is 2. The van der Waals surface area contributed by atoms with E-state index in [0.29, 0.717) is 62.3 Å². The highest BCUT2D eigenvalue weighted by atomic mass is 35.5. The van der Waals surface area contributed by atoms with Crippen molar-refractivity contribution < 1.29 is 19.1 Å². The Hall–Kier alpha value is -2.73. The molecule has 2 aliphatic rings. The topological polar surface area (TPSA) is 59.1 Å². The molecule has 0 radical (unpaired) electrons. The largest absolute Gasteiger partial charge is 0.489 e. The molecule has 2 amide bonds. The van der Waals surface area contributed by atoms with Gasteiger partial charge in [-0.15, -0.1) is 0 Å². The molecule has 6 nitrogen and oxygen atoms in total. The summed E-state index contributed by atoms with van der Waals surface area (Å²) < 4.78 is 11.4. The molecule has 0 bridgehead atoms. The Balaban J connectivity index is 1.24. The zero-order chi connectivity index (χ0) is 22.3. The van der Waals surface area contributed by atoms with Crippen LogP contribution in [0.2, 0.25) is 5.02 Å². The monoisotopic (exact) mass is 456 g/mol. The summed E-state index contributed by atoms with van der Waals surface area (Å²) in [4.78, 5) is 29.1. The standard InChI is InChI=1S/C25H29ClN2O4/c26-21-16-20(17-22-25(21)32-15-5-14-31-22)18-24(30)28-12-10-27(11-13-28)23(29)9-4-8-19-6-2-1-3-7-19/h1-3,6-7,16-17H,4-5,8-15,18H2. The van der Waals surface area contributed by atoms with Crippen LogP contribution in [0.5, 0.6) is 11.5 Å². The number of benzene rings is 2. The summed E-state index contributed by atoms with van der Waals surface area (Å²) in [5.41, 5.74) is 2.06. The lowest BCUT2D eigenvalue weighted by molar-refractivity contribution is -0.139. The van der Waals surface area contributed by atoms with Crippen molar-refractivity contribution in [2.24, 2.45) is 0 Å². The van der Waals surface area contributed by atoms with Crippen molar-refractivity contribution >= 4 is 23.4 Å². The van der Waals surface area contributed by atoms with Crippen molar-refractivity contribution in [2.75, 3.05) is 39.4 Å². The van der Waals surface area contributed by atoms with E-state index >= 15 is 0 Å². The van der Waals surface area contributed by atoms with E-state index < -0.39 is 0 Å². The lowest BCUT2D eigenvalue weighted by Crippen LogP contribution is -2.51. The fraction of sp³-hybridized carbons (Fsp3) is 0.440. The van der Waals surface area contributed by atoms with Gasteiger partial charge in [-0.3, -0.25) is 9.59 Å². The molecule has 4 rings (SSSR count). The van der Waals surface area contributed by atoms with Crippen LogP contribution in [-0.2, 0) is 22.4 Å². The molecule has 0 N–H and O–H groups in total. The highest BCUT2D eigenvalue weighted by molar-refractivity contribution is 6.32. The van der Waals surface area contributed by atoms with E-state index in [2.05, 4.69) is 12.1 Å². The Morgan fingerprint density at radius 3 is 2.31 bits per heavy atom. The van der Waals surface area contributed by atoms with Crippen LogP contribution >= 0.6 is 11.6 Å². The molecule has 0 spiro atoms. The zero-order valence-electron chi connectivity index (χ0n) is 18.2. The quantitative estimate of drug-likeness (QED) is 0.664. The maximum absolute atomic E-state index is 12.8. The summed E-state index contributed by atoms with van der Waals surface area (Å²) in [5.74, 6) is 1.36. The number of nitrogens with zero attached hydrogens (tertiary/aromatic N) is 2. The Bertz CT molecular complexity index is 942. The van der Waals surface area contributed by atoms with E-state index in [1.165, 1.54) is 5.56 Å². The number of hydrogen-bond donors (Lipinski definition) is 0. The van der Waals surface area contributed by atoms with Crippen molar-refractivity contribution in [3.8, 4) is 11.5 Å². The van der Waals surface area contributed by atoms with Crippen LogP contribution in [0.4, 0.5) is 0 Å². The molecule has 7 heteroatoms. The summed E-state index contributed by atoms with van der Waals surface area (Å²) in [6.45, 7) is 3.42. The molecule has 0 atom stereocenters. The van der Waals surface area contributed by atoms with Gasteiger partial charge in [0, 0.05) is 39.0 Å². The number of carbonyl (C=O) groups excluding carboxylic acids is 2. The molecule has 1 fully saturated rings. The Morgan fingerprint density at radius 1 is 0.875 bits per heavy atom. The minimum atomic E-state index is 0.0340. The highest BCUT2D eigenvalue weighted by Crippen LogP contribution is 2.38. The first-order chi connectivity index (χ1) is 15.6. The van der Waals surface area contributed by atoms with Crippen molar-refractivity contribution in [3.05, 3.63) is 58.6 Å². The third-order valence-corrected chi connectivity index (χ3v) is 6.18. The number of aryl methyl sites for hydroxylation is 1. The van der Waals surface area contributed by atoms with Gasteiger partial charge in [0.2, 0.25) is 11.8 Å². The molecule has 2 aliphatic heterocycles. The van der Waals surface area contributed by atoms with Crippen LogP contribution in [0.25, 0.3) is 0 Å². The molecule has 0 unspecified atom stereocenters. The first-order valence-corrected chi connectivity index (χ1v) is 11.7. The number of ether oxygens (including phenoxy) is 2. The van der Waals surface area contributed by atoms with Gasteiger partial charge in [0.1, 0.15) is 0 Å². The minimum Gasteiger partial charge on any atom is -0.489 e. The van der Waals surface area contributed by atoms with Gasteiger partial charge >= 0.3 is 0 Å².